The van der Waals surface area contributed by atoms with Crippen LogP contribution in [0.3, 0.4) is 0 Å². The van der Waals surface area contributed by atoms with Crippen LogP contribution in [0, 0.1) is 13.8 Å². The quantitative estimate of drug-likeness (QED) is 0.675. The number of amides is 2. The van der Waals surface area contributed by atoms with E-state index in [1.165, 1.54) is 22.5 Å². The van der Waals surface area contributed by atoms with Crippen LogP contribution >= 0.6 is 11.3 Å². The minimum Gasteiger partial charge on any atom is -0.441 e. The number of rotatable bonds is 5. The first kappa shape index (κ1) is 17.9. The number of aryl methyl sites for hydroxylation is 3. The number of hydrogen-bond acceptors (Lipinski definition) is 5. The average molecular weight is 369 g/mol. The highest BCUT2D eigenvalue weighted by Gasteiger charge is 2.11. The molecule has 6 nitrogen and oxygen atoms in total. The van der Waals surface area contributed by atoms with Gasteiger partial charge in [-0.15, -0.1) is 11.3 Å². The molecule has 26 heavy (non-hydrogen) atoms. The Labute approximate surface area is 155 Å². The molecule has 2 aromatic heterocycles. The van der Waals surface area contributed by atoms with Gasteiger partial charge in [0.05, 0.1) is 11.1 Å². The Bertz CT molecular complexity index is 916. The summed E-state index contributed by atoms with van der Waals surface area (Å²) >= 11 is 1.31. The van der Waals surface area contributed by atoms with Crippen molar-refractivity contribution >= 4 is 23.2 Å². The maximum Gasteiger partial charge on any atom is 0.279 e. The molecule has 0 aliphatic heterocycles. The molecular weight excluding hydrogens is 350 g/mol. The van der Waals surface area contributed by atoms with Crippen LogP contribution in [0.25, 0.3) is 11.3 Å². The highest BCUT2D eigenvalue weighted by atomic mass is 32.1. The first-order chi connectivity index (χ1) is 12.5. The Hall–Kier alpha value is -2.93. The summed E-state index contributed by atoms with van der Waals surface area (Å²) in [6.45, 7) is 4.10. The molecule has 0 aliphatic carbocycles. The molecule has 0 atom stereocenters. The number of thiophene rings is 1. The maximum atomic E-state index is 11.9. The average Bonchev–Trinajstić information content (AvgIpc) is 3.32. The summed E-state index contributed by atoms with van der Waals surface area (Å²) in [5, 5.41) is 1.80. The smallest absolute Gasteiger partial charge is 0.279 e. The van der Waals surface area contributed by atoms with E-state index in [2.05, 4.69) is 22.8 Å². The first-order valence-corrected chi connectivity index (χ1v) is 9.06. The van der Waals surface area contributed by atoms with Crippen LogP contribution in [0.2, 0.25) is 0 Å². The Kier molecular flexibility index (Phi) is 5.48. The molecular formula is C19H19N3O3S. The zero-order valence-electron chi connectivity index (χ0n) is 14.5. The van der Waals surface area contributed by atoms with Crippen molar-refractivity contribution in [1.82, 2.24) is 15.8 Å². The van der Waals surface area contributed by atoms with Gasteiger partial charge in [0.25, 0.3) is 5.91 Å². The monoisotopic (exact) mass is 369 g/mol. The Morgan fingerprint density at radius 2 is 2.00 bits per heavy atom. The van der Waals surface area contributed by atoms with Gasteiger partial charge in [-0.3, -0.25) is 20.4 Å². The molecule has 0 bridgehead atoms. The number of hydrogen-bond donors (Lipinski definition) is 2. The molecule has 2 amide bonds. The highest BCUT2D eigenvalue weighted by Crippen LogP contribution is 2.23. The van der Waals surface area contributed by atoms with Crippen molar-refractivity contribution in [2.45, 2.75) is 26.7 Å². The van der Waals surface area contributed by atoms with Crippen LogP contribution in [-0.4, -0.2) is 16.8 Å². The van der Waals surface area contributed by atoms with Gasteiger partial charge in [0.2, 0.25) is 5.91 Å². The fourth-order valence-corrected chi connectivity index (χ4v) is 2.95. The van der Waals surface area contributed by atoms with Gasteiger partial charge in [-0.2, -0.15) is 0 Å². The summed E-state index contributed by atoms with van der Waals surface area (Å²) in [6, 6.07) is 9.53. The van der Waals surface area contributed by atoms with E-state index in [-0.39, 0.29) is 18.2 Å². The van der Waals surface area contributed by atoms with Crippen LogP contribution in [-0.2, 0) is 11.2 Å². The molecule has 0 spiro atoms. The van der Waals surface area contributed by atoms with Crippen molar-refractivity contribution in [1.29, 1.82) is 0 Å². The second-order valence-corrected chi connectivity index (χ2v) is 6.84. The summed E-state index contributed by atoms with van der Waals surface area (Å²) in [5.74, 6) is 0.523. The lowest BCUT2D eigenvalue weighted by molar-refractivity contribution is -0.121. The van der Waals surface area contributed by atoms with E-state index in [4.69, 9.17) is 4.42 Å². The number of carbonyl (C=O) groups is 2. The maximum absolute atomic E-state index is 11.9. The number of nitrogens with zero attached hydrogens (tertiary/aromatic N) is 1. The van der Waals surface area contributed by atoms with Crippen LogP contribution < -0.4 is 10.9 Å². The zero-order chi connectivity index (χ0) is 18.5. The van der Waals surface area contributed by atoms with Crippen molar-refractivity contribution in [3.63, 3.8) is 0 Å². The van der Waals surface area contributed by atoms with Gasteiger partial charge in [-0.25, -0.2) is 4.98 Å². The predicted octanol–water partition coefficient (Wildman–Crippen LogP) is 3.41. The summed E-state index contributed by atoms with van der Waals surface area (Å²) in [4.78, 5) is 28.4. The standard InChI is InChI=1S/C19H19N3O3S/c1-12-5-6-14(10-13(12)2)15-11-20-18(25-15)8-7-17(23)21-22-19(24)16-4-3-9-26-16/h3-6,9-11H,7-8H2,1-2H3,(H,21,23)(H,22,24). The molecule has 3 rings (SSSR count). The van der Waals surface area contributed by atoms with Gasteiger partial charge < -0.3 is 4.42 Å². The fourth-order valence-electron chi connectivity index (χ4n) is 2.33. The third kappa shape index (κ3) is 4.37. The molecule has 0 saturated heterocycles. The van der Waals surface area contributed by atoms with Crippen LogP contribution in [0.15, 0.2) is 46.3 Å². The normalized spacial score (nSPS) is 10.5. The third-order valence-corrected chi connectivity index (χ3v) is 4.84. The minimum atomic E-state index is -0.332. The van der Waals surface area contributed by atoms with Gasteiger partial charge in [0, 0.05) is 18.4 Å². The Morgan fingerprint density at radius 3 is 2.73 bits per heavy atom. The van der Waals surface area contributed by atoms with Gasteiger partial charge in [-0.1, -0.05) is 18.2 Å². The first-order valence-electron chi connectivity index (χ1n) is 8.18. The van der Waals surface area contributed by atoms with Crippen molar-refractivity contribution in [3.8, 4) is 11.3 Å². The van der Waals surface area contributed by atoms with E-state index in [1.54, 1.807) is 23.7 Å². The SMILES string of the molecule is Cc1ccc(-c2cnc(CCC(=O)NNC(=O)c3cccs3)o2)cc1C. The largest absolute Gasteiger partial charge is 0.441 e. The summed E-state index contributed by atoms with van der Waals surface area (Å²) < 4.78 is 5.72. The molecule has 3 aromatic rings. The second kappa shape index (κ2) is 7.97. The van der Waals surface area contributed by atoms with Gasteiger partial charge in [0.15, 0.2) is 11.7 Å². The lowest BCUT2D eigenvalue weighted by atomic mass is 10.1. The highest BCUT2D eigenvalue weighted by molar-refractivity contribution is 7.12. The van der Waals surface area contributed by atoms with Gasteiger partial charge in [0.1, 0.15) is 0 Å². The molecule has 0 unspecified atom stereocenters. The Balaban J connectivity index is 1.50. The molecule has 0 aliphatic rings. The molecule has 0 saturated carbocycles. The summed E-state index contributed by atoms with van der Waals surface area (Å²) in [5.41, 5.74) is 8.13. The number of nitrogens with one attached hydrogen (secondary N) is 2. The molecule has 0 fully saturated rings. The molecule has 2 N–H and O–H groups in total. The summed E-state index contributed by atoms with van der Waals surface area (Å²) in [6.07, 6.45) is 2.18. The van der Waals surface area contributed by atoms with E-state index in [0.717, 1.165) is 5.56 Å². The van der Waals surface area contributed by atoms with E-state index in [9.17, 15) is 9.59 Å². The summed E-state index contributed by atoms with van der Waals surface area (Å²) in [7, 11) is 0. The van der Waals surface area contributed by atoms with Crippen molar-refractivity contribution < 1.29 is 14.0 Å². The third-order valence-electron chi connectivity index (χ3n) is 3.97. The number of benzene rings is 1. The van der Waals surface area contributed by atoms with E-state index in [1.807, 2.05) is 25.1 Å². The molecule has 0 radical (unpaired) electrons. The number of carbonyl (C=O) groups excluding carboxylic acids is 2. The van der Waals surface area contributed by atoms with Gasteiger partial charge in [-0.05, 0) is 42.5 Å². The van der Waals surface area contributed by atoms with Crippen LogP contribution in [0.4, 0.5) is 0 Å². The zero-order valence-corrected chi connectivity index (χ0v) is 15.4. The number of hydrazine groups is 1. The van der Waals surface area contributed by atoms with Crippen molar-refractivity contribution in [2.24, 2.45) is 0 Å². The number of oxazole rings is 1. The van der Waals surface area contributed by atoms with E-state index < -0.39 is 0 Å². The van der Waals surface area contributed by atoms with Crippen molar-refractivity contribution in [2.75, 3.05) is 0 Å². The topological polar surface area (TPSA) is 84.2 Å². The lowest BCUT2D eigenvalue weighted by Gasteiger charge is -2.05. The van der Waals surface area contributed by atoms with E-state index >= 15 is 0 Å². The Morgan fingerprint density at radius 1 is 1.15 bits per heavy atom. The molecule has 7 heteroatoms. The molecule has 1 aromatic carbocycles. The van der Waals surface area contributed by atoms with Crippen LogP contribution in [0.5, 0.6) is 0 Å². The molecule has 2 heterocycles. The predicted molar refractivity (Wildman–Crippen MR) is 99.7 cm³/mol. The van der Waals surface area contributed by atoms with E-state index in [0.29, 0.717) is 22.9 Å². The fraction of sp³-hybridized carbons (Fsp3) is 0.211. The minimum absolute atomic E-state index is 0.164. The van der Waals surface area contributed by atoms with Crippen LogP contribution in [0.1, 0.15) is 33.1 Å². The van der Waals surface area contributed by atoms with Crippen molar-refractivity contribution in [3.05, 3.63) is 63.8 Å². The number of aromatic nitrogens is 1. The molecule has 134 valence electrons. The second-order valence-electron chi connectivity index (χ2n) is 5.90. The lowest BCUT2D eigenvalue weighted by Crippen LogP contribution is -2.41. The van der Waals surface area contributed by atoms with Gasteiger partial charge >= 0.3 is 0 Å².